The first-order valence-corrected chi connectivity index (χ1v) is 8.31. The van der Waals surface area contributed by atoms with E-state index in [0.717, 1.165) is 5.56 Å². The van der Waals surface area contributed by atoms with Crippen molar-refractivity contribution >= 4 is 28.5 Å². The Hall–Kier alpha value is -3.00. The molecule has 0 aliphatic carbocycles. The molecule has 26 heavy (non-hydrogen) atoms. The van der Waals surface area contributed by atoms with Crippen LogP contribution in [0, 0.1) is 0 Å². The van der Waals surface area contributed by atoms with Gasteiger partial charge in [-0.05, 0) is 48.0 Å². The molecule has 3 aromatic rings. The first-order chi connectivity index (χ1) is 12.6. The van der Waals surface area contributed by atoms with Crippen molar-refractivity contribution in [3.63, 3.8) is 0 Å². The zero-order valence-electron chi connectivity index (χ0n) is 13.8. The van der Waals surface area contributed by atoms with E-state index < -0.39 is 0 Å². The number of nitrogens with one attached hydrogen (secondary N) is 1. The molecule has 4 rings (SSSR count). The lowest BCUT2D eigenvalue weighted by Crippen LogP contribution is -2.33. The van der Waals surface area contributed by atoms with Crippen LogP contribution in [0.15, 0.2) is 36.4 Å². The summed E-state index contributed by atoms with van der Waals surface area (Å²) in [6.07, 6.45) is 0. The van der Waals surface area contributed by atoms with Gasteiger partial charge in [0.05, 0.1) is 6.04 Å². The van der Waals surface area contributed by atoms with Gasteiger partial charge in [0, 0.05) is 5.02 Å². The molecule has 8 nitrogen and oxygen atoms in total. The molecule has 0 radical (unpaired) electrons. The number of hydrogen-bond acceptors (Lipinski definition) is 6. The van der Waals surface area contributed by atoms with E-state index in [1.165, 1.54) is 4.85 Å². The van der Waals surface area contributed by atoms with E-state index in [1.54, 1.807) is 18.2 Å². The van der Waals surface area contributed by atoms with E-state index in [1.807, 2.05) is 25.1 Å². The molecule has 0 spiro atoms. The van der Waals surface area contributed by atoms with Gasteiger partial charge in [-0.1, -0.05) is 22.5 Å². The smallest absolute Gasteiger partial charge is 0.261 e. The monoisotopic (exact) mass is 374 g/mol. The lowest BCUT2D eigenvalue weighted by molar-refractivity contribution is -0.127. The van der Waals surface area contributed by atoms with Gasteiger partial charge in [0.1, 0.15) is 11.0 Å². The molecule has 1 aromatic heterocycles. The summed E-state index contributed by atoms with van der Waals surface area (Å²) in [7, 11) is 0. The number of fused-ring (bicyclic) bond motifs is 2. The van der Waals surface area contributed by atoms with Crippen LogP contribution in [0.3, 0.4) is 0 Å². The topological polar surface area (TPSA) is 87.5 Å². The van der Waals surface area contributed by atoms with E-state index in [-0.39, 0.29) is 25.3 Å². The number of carbonyl (C=O) groups is 1. The third-order valence-corrected chi connectivity index (χ3v) is 4.20. The first-order valence-electron chi connectivity index (χ1n) is 7.93. The van der Waals surface area contributed by atoms with Crippen molar-refractivity contribution in [1.82, 2.24) is 20.5 Å². The number of aromatic nitrogens is 3. The van der Waals surface area contributed by atoms with Crippen LogP contribution >= 0.6 is 11.6 Å². The molecular weight excluding hydrogens is 360 g/mol. The third kappa shape index (κ3) is 3.23. The predicted octanol–water partition coefficient (Wildman–Crippen LogP) is 2.12. The summed E-state index contributed by atoms with van der Waals surface area (Å²) in [5, 5.41) is 11.2. The normalized spacial score (nSPS) is 13.6. The van der Waals surface area contributed by atoms with Gasteiger partial charge in [0.2, 0.25) is 6.79 Å². The molecule has 1 aliphatic rings. The van der Waals surface area contributed by atoms with E-state index in [9.17, 15) is 4.79 Å². The Balaban J connectivity index is 1.38. The zero-order chi connectivity index (χ0) is 18.1. The molecule has 0 saturated heterocycles. The van der Waals surface area contributed by atoms with Crippen molar-refractivity contribution in [2.75, 3.05) is 13.4 Å². The minimum absolute atomic E-state index is 0.208. The summed E-state index contributed by atoms with van der Waals surface area (Å²) in [5.74, 6) is 1.08. The van der Waals surface area contributed by atoms with Gasteiger partial charge in [-0.3, -0.25) is 4.79 Å². The maximum absolute atomic E-state index is 12.2. The summed E-state index contributed by atoms with van der Waals surface area (Å²) in [6, 6.07) is 10.4. The minimum atomic E-state index is -0.291. The Morgan fingerprint density at radius 1 is 1.31 bits per heavy atom. The average Bonchev–Trinajstić information content (AvgIpc) is 3.25. The van der Waals surface area contributed by atoms with Crippen LogP contribution in [0.25, 0.3) is 11.0 Å². The lowest BCUT2D eigenvalue weighted by Gasteiger charge is -2.15. The quantitative estimate of drug-likeness (QED) is 0.736. The summed E-state index contributed by atoms with van der Waals surface area (Å²) in [6.45, 7) is 1.88. The molecule has 0 saturated carbocycles. The van der Waals surface area contributed by atoms with E-state index in [2.05, 4.69) is 15.6 Å². The van der Waals surface area contributed by atoms with Crippen molar-refractivity contribution in [3.05, 3.63) is 47.0 Å². The second kappa shape index (κ2) is 6.72. The van der Waals surface area contributed by atoms with E-state index >= 15 is 0 Å². The van der Waals surface area contributed by atoms with Crippen LogP contribution in [0.4, 0.5) is 0 Å². The minimum Gasteiger partial charge on any atom is -0.454 e. The molecule has 9 heteroatoms. The van der Waals surface area contributed by atoms with Crippen molar-refractivity contribution < 1.29 is 19.1 Å². The Morgan fingerprint density at radius 3 is 3.04 bits per heavy atom. The van der Waals surface area contributed by atoms with Crippen molar-refractivity contribution in [1.29, 1.82) is 0 Å². The average molecular weight is 375 g/mol. The second-order valence-corrected chi connectivity index (χ2v) is 6.21. The number of nitrogens with zero attached hydrogens (tertiary/aromatic N) is 3. The Morgan fingerprint density at radius 2 is 2.15 bits per heavy atom. The SMILES string of the molecule is CC(NC(=O)COn1nnc2ccc(Cl)cc21)c1ccc2c(c1)OCO2. The number of hydrogen-bond donors (Lipinski definition) is 1. The van der Waals surface area contributed by atoms with Crippen LogP contribution in [-0.2, 0) is 4.79 Å². The fraction of sp³-hybridized carbons (Fsp3) is 0.235. The number of halogens is 1. The maximum atomic E-state index is 12.2. The van der Waals surface area contributed by atoms with E-state index in [0.29, 0.717) is 27.6 Å². The van der Waals surface area contributed by atoms with Gasteiger partial charge in [-0.15, -0.1) is 5.10 Å². The third-order valence-electron chi connectivity index (χ3n) is 3.97. The second-order valence-electron chi connectivity index (χ2n) is 5.77. The highest BCUT2D eigenvalue weighted by Crippen LogP contribution is 2.34. The van der Waals surface area contributed by atoms with Gasteiger partial charge in [-0.25, -0.2) is 0 Å². The summed E-state index contributed by atoms with van der Waals surface area (Å²) in [4.78, 5) is 18.8. The van der Waals surface area contributed by atoms with Crippen molar-refractivity contribution in [3.8, 4) is 11.5 Å². The van der Waals surface area contributed by atoms with Gasteiger partial charge < -0.3 is 19.6 Å². The molecule has 1 atom stereocenters. The van der Waals surface area contributed by atoms with E-state index in [4.69, 9.17) is 25.9 Å². The van der Waals surface area contributed by atoms with Gasteiger partial charge in [0.25, 0.3) is 5.91 Å². The van der Waals surface area contributed by atoms with Gasteiger partial charge >= 0.3 is 0 Å². The highest BCUT2D eigenvalue weighted by atomic mass is 35.5. The zero-order valence-corrected chi connectivity index (χ0v) is 14.6. The maximum Gasteiger partial charge on any atom is 0.261 e. The number of amides is 1. The van der Waals surface area contributed by atoms with Crippen LogP contribution < -0.4 is 19.6 Å². The standard InChI is InChI=1S/C17H15ClN4O4/c1-10(11-2-5-15-16(6-11)25-9-24-15)19-17(23)8-26-22-14-7-12(18)3-4-13(14)20-21-22/h2-7,10H,8-9H2,1H3,(H,19,23). The fourth-order valence-electron chi connectivity index (χ4n) is 2.64. The highest BCUT2D eigenvalue weighted by Gasteiger charge is 2.17. The first kappa shape index (κ1) is 16.5. The molecule has 1 N–H and O–H groups in total. The lowest BCUT2D eigenvalue weighted by atomic mass is 10.1. The van der Waals surface area contributed by atoms with Crippen molar-refractivity contribution in [2.45, 2.75) is 13.0 Å². The Bertz CT molecular complexity index is 975. The fourth-order valence-corrected chi connectivity index (χ4v) is 2.80. The van der Waals surface area contributed by atoms with Crippen molar-refractivity contribution in [2.24, 2.45) is 0 Å². The van der Waals surface area contributed by atoms with Crippen LogP contribution in [0.1, 0.15) is 18.5 Å². The van der Waals surface area contributed by atoms with Gasteiger partial charge in [0.15, 0.2) is 18.1 Å². The molecule has 0 bridgehead atoms. The molecule has 1 unspecified atom stereocenters. The molecule has 134 valence electrons. The molecule has 1 amide bonds. The number of carbonyl (C=O) groups excluding carboxylic acids is 1. The van der Waals surface area contributed by atoms with Crippen LogP contribution in [0.2, 0.25) is 5.02 Å². The summed E-state index contributed by atoms with van der Waals surface area (Å²) < 4.78 is 10.6. The van der Waals surface area contributed by atoms with Gasteiger partial charge in [-0.2, -0.15) is 0 Å². The predicted molar refractivity (Wildman–Crippen MR) is 93.1 cm³/mol. The molecule has 2 aromatic carbocycles. The number of rotatable bonds is 5. The largest absolute Gasteiger partial charge is 0.454 e. The number of benzene rings is 2. The number of ether oxygens (including phenoxy) is 2. The Labute approximate surface area is 153 Å². The molecule has 0 fully saturated rings. The Kier molecular flexibility index (Phi) is 4.26. The highest BCUT2D eigenvalue weighted by molar-refractivity contribution is 6.31. The molecule has 1 aliphatic heterocycles. The van der Waals surface area contributed by atoms with Crippen LogP contribution in [-0.4, -0.2) is 34.5 Å². The summed E-state index contributed by atoms with van der Waals surface area (Å²) in [5.41, 5.74) is 2.12. The molecular formula is C17H15ClN4O4. The molecule has 2 heterocycles. The summed E-state index contributed by atoms with van der Waals surface area (Å²) >= 11 is 5.96. The van der Waals surface area contributed by atoms with Crippen LogP contribution in [0.5, 0.6) is 11.5 Å².